The second-order valence-electron chi connectivity index (χ2n) is 6.34. The molecule has 0 atom stereocenters. The number of anilines is 1. The number of carbonyl (C=O) groups excluding carboxylic acids is 1. The highest BCUT2D eigenvalue weighted by molar-refractivity contribution is 9.10. The van der Waals surface area contributed by atoms with E-state index in [1.165, 1.54) is 0 Å². The molecule has 3 aromatic carbocycles. The minimum absolute atomic E-state index is 0.0424. The van der Waals surface area contributed by atoms with Gasteiger partial charge in [-0.05, 0) is 54.6 Å². The first-order valence-electron chi connectivity index (χ1n) is 8.98. The van der Waals surface area contributed by atoms with Crippen LogP contribution in [0.4, 0.5) is 5.69 Å². The molecule has 0 aliphatic carbocycles. The van der Waals surface area contributed by atoms with Crippen LogP contribution in [0, 0.1) is 0 Å². The first-order valence-corrected chi connectivity index (χ1v) is 10.1. The van der Waals surface area contributed by atoms with E-state index in [4.69, 9.17) is 16.3 Å². The van der Waals surface area contributed by atoms with E-state index in [0.717, 1.165) is 21.5 Å². The summed E-state index contributed by atoms with van der Waals surface area (Å²) in [6.45, 7) is 0. The molecule has 4 rings (SSSR count). The Morgan fingerprint density at radius 3 is 2.53 bits per heavy atom. The van der Waals surface area contributed by atoms with Crippen LogP contribution < -0.4 is 10.1 Å². The van der Waals surface area contributed by atoms with E-state index in [-0.39, 0.29) is 5.82 Å². The molecule has 0 aliphatic rings. The third kappa shape index (κ3) is 4.37. The van der Waals surface area contributed by atoms with Crippen LogP contribution in [0.1, 0.15) is 10.6 Å². The van der Waals surface area contributed by atoms with E-state index in [1.807, 2.05) is 48.5 Å². The Morgan fingerprint density at radius 1 is 1.07 bits per heavy atom. The maximum atomic E-state index is 12.8. The fourth-order valence-corrected chi connectivity index (χ4v) is 3.47. The fraction of sp³-hybridized carbons (Fsp3) is 0.0455. The number of rotatable bonds is 5. The van der Waals surface area contributed by atoms with Crippen molar-refractivity contribution in [3.63, 3.8) is 0 Å². The van der Waals surface area contributed by atoms with Gasteiger partial charge in [0.1, 0.15) is 5.75 Å². The number of ether oxygens (including phenoxy) is 1. The van der Waals surface area contributed by atoms with Crippen LogP contribution in [-0.4, -0.2) is 27.8 Å². The fourth-order valence-electron chi connectivity index (χ4n) is 2.88. The van der Waals surface area contributed by atoms with E-state index in [0.29, 0.717) is 16.5 Å². The highest BCUT2D eigenvalue weighted by Gasteiger charge is 2.19. The lowest BCUT2D eigenvalue weighted by Gasteiger charge is -2.07. The molecule has 0 unspecified atom stereocenters. The monoisotopic (exact) mass is 482 g/mol. The third-order valence-electron chi connectivity index (χ3n) is 4.29. The van der Waals surface area contributed by atoms with Crippen LogP contribution in [-0.2, 0) is 0 Å². The van der Waals surface area contributed by atoms with Crippen LogP contribution in [0.2, 0.25) is 5.02 Å². The van der Waals surface area contributed by atoms with Gasteiger partial charge in [0.25, 0.3) is 5.91 Å². The van der Waals surface area contributed by atoms with Gasteiger partial charge in [-0.25, -0.2) is 9.67 Å². The summed E-state index contributed by atoms with van der Waals surface area (Å²) in [6.07, 6.45) is 0. The second-order valence-corrected chi connectivity index (χ2v) is 7.70. The van der Waals surface area contributed by atoms with Crippen LogP contribution in [0.3, 0.4) is 0 Å². The second kappa shape index (κ2) is 8.69. The number of amides is 1. The molecule has 0 fully saturated rings. The van der Waals surface area contributed by atoms with Crippen molar-refractivity contribution in [3.8, 4) is 22.8 Å². The van der Waals surface area contributed by atoms with Crippen molar-refractivity contribution >= 4 is 39.1 Å². The largest absolute Gasteiger partial charge is 0.497 e. The Bertz CT molecular complexity index is 1210. The smallest absolute Gasteiger partial charge is 0.295 e. The summed E-state index contributed by atoms with van der Waals surface area (Å²) in [5.74, 6) is 0.849. The van der Waals surface area contributed by atoms with E-state index in [1.54, 1.807) is 36.1 Å². The Hall–Kier alpha value is -3.16. The molecule has 1 heterocycles. The van der Waals surface area contributed by atoms with Gasteiger partial charge in [-0.2, -0.15) is 0 Å². The molecule has 150 valence electrons. The third-order valence-corrected chi connectivity index (χ3v) is 5.02. The highest BCUT2D eigenvalue weighted by Crippen LogP contribution is 2.25. The molecule has 6 nitrogen and oxygen atoms in total. The lowest BCUT2D eigenvalue weighted by Crippen LogP contribution is -2.14. The Labute approximate surface area is 186 Å². The van der Waals surface area contributed by atoms with Gasteiger partial charge in [-0.3, -0.25) is 4.79 Å². The van der Waals surface area contributed by atoms with Crippen LogP contribution in [0.15, 0.2) is 77.3 Å². The minimum atomic E-state index is -0.413. The Morgan fingerprint density at radius 2 is 1.83 bits per heavy atom. The van der Waals surface area contributed by atoms with Crippen molar-refractivity contribution < 1.29 is 9.53 Å². The van der Waals surface area contributed by atoms with Gasteiger partial charge in [-0.1, -0.05) is 45.7 Å². The van der Waals surface area contributed by atoms with Gasteiger partial charge in [-0.15, -0.1) is 5.10 Å². The van der Waals surface area contributed by atoms with Gasteiger partial charge in [0, 0.05) is 20.7 Å². The molecule has 4 aromatic rings. The highest BCUT2D eigenvalue weighted by atomic mass is 79.9. The number of nitrogens with zero attached hydrogens (tertiary/aromatic N) is 3. The minimum Gasteiger partial charge on any atom is -0.497 e. The molecule has 0 radical (unpaired) electrons. The van der Waals surface area contributed by atoms with Crippen molar-refractivity contribution in [1.29, 1.82) is 0 Å². The first kappa shape index (κ1) is 20.1. The number of carbonyl (C=O) groups is 1. The molecule has 0 bridgehead atoms. The van der Waals surface area contributed by atoms with Gasteiger partial charge >= 0.3 is 0 Å². The van der Waals surface area contributed by atoms with Crippen molar-refractivity contribution in [1.82, 2.24) is 14.8 Å². The van der Waals surface area contributed by atoms with E-state index >= 15 is 0 Å². The maximum Gasteiger partial charge on any atom is 0.295 e. The van der Waals surface area contributed by atoms with Crippen molar-refractivity contribution in [3.05, 3.63) is 88.1 Å². The van der Waals surface area contributed by atoms with E-state index in [9.17, 15) is 4.79 Å². The molecule has 1 N–H and O–H groups in total. The summed E-state index contributed by atoms with van der Waals surface area (Å²) in [6, 6.07) is 21.9. The normalized spacial score (nSPS) is 10.6. The average molecular weight is 484 g/mol. The molecular weight excluding hydrogens is 468 g/mol. The summed E-state index contributed by atoms with van der Waals surface area (Å²) in [5, 5.41) is 7.84. The average Bonchev–Trinajstić information content (AvgIpc) is 3.19. The zero-order valence-electron chi connectivity index (χ0n) is 15.8. The van der Waals surface area contributed by atoms with Crippen molar-refractivity contribution in [2.75, 3.05) is 12.4 Å². The zero-order chi connectivity index (χ0) is 21.1. The molecule has 30 heavy (non-hydrogen) atoms. The van der Waals surface area contributed by atoms with Crippen molar-refractivity contribution in [2.24, 2.45) is 0 Å². The topological polar surface area (TPSA) is 69.0 Å². The van der Waals surface area contributed by atoms with Gasteiger partial charge in [0.2, 0.25) is 5.82 Å². The maximum absolute atomic E-state index is 12.8. The lowest BCUT2D eigenvalue weighted by atomic mass is 10.2. The summed E-state index contributed by atoms with van der Waals surface area (Å²) in [4.78, 5) is 17.3. The van der Waals surface area contributed by atoms with Crippen LogP contribution in [0.25, 0.3) is 17.1 Å². The summed E-state index contributed by atoms with van der Waals surface area (Å²) < 4.78 is 7.69. The molecule has 8 heteroatoms. The number of nitrogens with one attached hydrogen (secondary N) is 1. The standard InChI is InChI=1S/C22H16BrClN4O2/c1-30-19-10-8-18(9-11-19)28-21(14-4-2-6-16(24)12-14)26-20(27-28)22(29)25-17-7-3-5-15(23)13-17/h2-13H,1H3,(H,25,29). The Kier molecular flexibility index (Phi) is 5.83. The molecule has 1 amide bonds. The SMILES string of the molecule is COc1ccc(-n2nc(C(=O)Nc3cccc(Br)c3)nc2-c2cccc(Cl)c2)cc1. The number of aromatic nitrogens is 3. The van der Waals surface area contributed by atoms with E-state index < -0.39 is 5.91 Å². The number of hydrogen-bond donors (Lipinski definition) is 1. The summed E-state index contributed by atoms with van der Waals surface area (Å²) in [7, 11) is 1.60. The number of hydrogen-bond acceptors (Lipinski definition) is 4. The molecule has 0 aliphatic heterocycles. The number of halogens is 2. The molecule has 0 saturated carbocycles. The predicted octanol–water partition coefficient (Wildman–Crippen LogP) is 5.61. The molecule has 0 spiro atoms. The van der Waals surface area contributed by atoms with Crippen molar-refractivity contribution in [2.45, 2.75) is 0 Å². The first-order chi connectivity index (χ1) is 14.5. The van der Waals surface area contributed by atoms with Crippen LogP contribution in [0.5, 0.6) is 5.75 Å². The summed E-state index contributed by atoms with van der Waals surface area (Å²) in [5.41, 5.74) is 2.12. The Balaban J connectivity index is 1.75. The molecule has 0 saturated heterocycles. The lowest BCUT2D eigenvalue weighted by molar-refractivity contribution is 0.101. The van der Waals surface area contributed by atoms with E-state index in [2.05, 4.69) is 31.3 Å². The zero-order valence-corrected chi connectivity index (χ0v) is 18.2. The number of benzene rings is 3. The quantitative estimate of drug-likeness (QED) is 0.400. The van der Waals surface area contributed by atoms with Gasteiger partial charge < -0.3 is 10.1 Å². The molecular formula is C22H16BrClN4O2. The van der Waals surface area contributed by atoms with Crippen LogP contribution >= 0.6 is 27.5 Å². The number of methoxy groups -OCH3 is 1. The van der Waals surface area contributed by atoms with Gasteiger partial charge in [0.15, 0.2) is 5.82 Å². The van der Waals surface area contributed by atoms with Gasteiger partial charge in [0.05, 0.1) is 12.8 Å². The predicted molar refractivity (Wildman–Crippen MR) is 120 cm³/mol. The summed E-state index contributed by atoms with van der Waals surface area (Å²) >= 11 is 9.56. The molecule has 1 aromatic heterocycles.